The second kappa shape index (κ2) is 7.53. The molecule has 1 aromatic carbocycles. The molecule has 0 atom stereocenters. The normalized spacial score (nSPS) is 11.2. The molecular formula is C16H23N3S. The van der Waals surface area contributed by atoms with E-state index < -0.39 is 0 Å². The molecule has 0 bridgehead atoms. The van der Waals surface area contributed by atoms with Crippen LogP contribution in [0.3, 0.4) is 0 Å². The number of aromatic nitrogens is 1. The summed E-state index contributed by atoms with van der Waals surface area (Å²) in [5.74, 6) is 0. The summed E-state index contributed by atoms with van der Waals surface area (Å²) in [6.45, 7) is 5.07. The molecule has 1 N–H and O–H groups in total. The summed E-state index contributed by atoms with van der Waals surface area (Å²) in [5.41, 5.74) is 2.36. The average Bonchev–Trinajstić information content (AvgIpc) is 2.87. The van der Waals surface area contributed by atoms with E-state index in [2.05, 4.69) is 55.5 Å². The third-order valence-electron chi connectivity index (χ3n) is 3.10. The Kier molecular flexibility index (Phi) is 5.71. The van der Waals surface area contributed by atoms with Gasteiger partial charge in [-0.05, 0) is 20.6 Å². The SMILES string of the molecule is CCNCc1sc(CCN(C)C)nc1-c1ccccc1. The zero-order valence-electron chi connectivity index (χ0n) is 12.5. The van der Waals surface area contributed by atoms with Gasteiger partial charge in [-0.1, -0.05) is 37.3 Å². The van der Waals surface area contributed by atoms with E-state index in [1.54, 1.807) is 0 Å². The zero-order chi connectivity index (χ0) is 14.4. The highest BCUT2D eigenvalue weighted by atomic mass is 32.1. The van der Waals surface area contributed by atoms with Gasteiger partial charge in [0.15, 0.2) is 0 Å². The quantitative estimate of drug-likeness (QED) is 0.849. The maximum atomic E-state index is 4.86. The van der Waals surface area contributed by atoms with Crippen LogP contribution in [-0.4, -0.2) is 37.1 Å². The number of thiazole rings is 1. The highest BCUT2D eigenvalue weighted by molar-refractivity contribution is 7.12. The van der Waals surface area contributed by atoms with Crippen LogP contribution in [0, 0.1) is 0 Å². The van der Waals surface area contributed by atoms with E-state index in [1.165, 1.54) is 15.4 Å². The molecule has 2 aromatic rings. The highest BCUT2D eigenvalue weighted by Crippen LogP contribution is 2.28. The Morgan fingerprint density at radius 1 is 1.20 bits per heavy atom. The summed E-state index contributed by atoms with van der Waals surface area (Å²) >= 11 is 1.84. The molecule has 4 heteroatoms. The number of hydrogen-bond acceptors (Lipinski definition) is 4. The van der Waals surface area contributed by atoms with Gasteiger partial charge in [0, 0.05) is 30.0 Å². The van der Waals surface area contributed by atoms with Gasteiger partial charge in [-0.3, -0.25) is 0 Å². The van der Waals surface area contributed by atoms with Gasteiger partial charge in [0.25, 0.3) is 0 Å². The fourth-order valence-electron chi connectivity index (χ4n) is 2.01. The summed E-state index contributed by atoms with van der Waals surface area (Å²) in [6.07, 6.45) is 1.02. The second-order valence-electron chi connectivity index (χ2n) is 5.08. The Morgan fingerprint density at radius 3 is 2.60 bits per heavy atom. The first-order valence-corrected chi connectivity index (χ1v) is 7.91. The van der Waals surface area contributed by atoms with Crippen molar-refractivity contribution in [3.8, 4) is 11.3 Å². The number of nitrogens with one attached hydrogen (secondary N) is 1. The van der Waals surface area contributed by atoms with Gasteiger partial charge in [0.05, 0.1) is 10.7 Å². The van der Waals surface area contributed by atoms with E-state index in [4.69, 9.17) is 4.98 Å². The molecule has 0 saturated heterocycles. The second-order valence-corrected chi connectivity index (χ2v) is 6.25. The van der Waals surface area contributed by atoms with E-state index in [0.717, 1.165) is 31.7 Å². The monoisotopic (exact) mass is 289 g/mol. The van der Waals surface area contributed by atoms with Crippen molar-refractivity contribution in [3.63, 3.8) is 0 Å². The van der Waals surface area contributed by atoms with Crippen LogP contribution in [0.1, 0.15) is 16.8 Å². The van der Waals surface area contributed by atoms with Gasteiger partial charge in [-0.15, -0.1) is 11.3 Å². The Hall–Kier alpha value is -1.23. The lowest BCUT2D eigenvalue weighted by Gasteiger charge is -2.06. The van der Waals surface area contributed by atoms with Gasteiger partial charge >= 0.3 is 0 Å². The van der Waals surface area contributed by atoms with E-state index in [1.807, 2.05) is 17.4 Å². The van der Waals surface area contributed by atoms with Crippen LogP contribution < -0.4 is 5.32 Å². The van der Waals surface area contributed by atoms with Crippen LogP contribution >= 0.6 is 11.3 Å². The van der Waals surface area contributed by atoms with E-state index >= 15 is 0 Å². The van der Waals surface area contributed by atoms with Crippen LogP contribution in [0.4, 0.5) is 0 Å². The molecule has 3 nitrogen and oxygen atoms in total. The maximum Gasteiger partial charge on any atom is 0.0948 e. The minimum atomic E-state index is 0.903. The molecule has 0 radical (unpaired) electrons. The molecule has 2 rings (SSSR count). The van der Waals surface area contributed by atoms with Crippen molar-refractivity contribution in [1.82, 2.24) is 15.2 Å². The van der Waals surface area contributed by atoms with Crippen LogP contribution in [0.5, 0.6) is 0 Å². The Morgan fingerprint density at radius 2 is 1.95 bits per heavy atom. The van der Waals surface area contributed by atoms with Crippen molar-refractivity contribution < 1.29 is 0 Å². The first-order chi connectivity index (χ1) is 9.70. The molecule has 0 fully saturated rings. The predicted octanol–water partition coefficient (Wildman–Crippen LogP) is 3.02. The molecule has 1 heterocycles. The van der Waals surface area contributed by atoms with E-state index in [0.29, 0.717) is 0 Å². The lowest BCUT2D eigenvalue weighted by molar-refractivity contribution is 0.413. The molecule has 0 saturated carbocycles. The Labute approximate surface area is 125 Å². The first kappa shape index (κ1) is 15.2. The lowest BCUT2D eigenvalue weighted by atomic mass is 10.1. The van der Waals surface area contributed by atoms with Crippen molar-refractivity contribution in [2.75, 3.05) is 27.2 Å². The summed E-state index contributed by atoms with van der Waals surface area (Å²) in [7, 11) is 4.20. The van der Waals surface area contributed by atoms with Gasteiger partial charge in [0.1, 0.15) is 0 Å². The van der Waals surface area contributed by atoms with Crippen molar-refractivity contribution in [3.05, 3.63) is 40.2 Å². The number of rotatable bonds is 7. The molecule has 0 aliphatic rings. The van der Waals surface area contributed by atoms with Crippen LogP contribution in [-0.2, 0) is 13.0 Å². The van der Waals surface area contributed by atoms with Gasteiger partial charge < -0.3 is 10.2 Å². The molecule has 1 aromatic heterocycles. The Bertz CT molecular complexity index is 520. The number of likely N-dealkylation sites (N-methyl/N-ethyl adjacent to an activating group) is 1. The first-order valence-electron chi connectivity index (χ1n) is 7.10. The molecule has 0 amide bonds. The molecular weight excluding hydrogens is 266 g/mol. The fraction of sp³-hybridized carbons (Fsp3) is 0.438. The average molecular weight is 289 g/mol. The third-order valence-corrected chi connectivity index (χ3v) is 4.21. The number of hydrogen-bond donors (Lipinski definition) is 1. The fourth-order valence-corrected chi connectivity index (χ4v) is 3.06. The van der Waals surface area contributed by atoms with Gasteiger partial charge in [0.2, 0.25) is 0 Å². The molecule has 0 spiro atoms. The van der Waals surface area contributed by atoms with Gasteiger partial charge in [-0.2, -0.15) is 0 Å². The van der Waals surface area contributed by atoms with E-state index in [9.17, 15) is 0 Å². The maximum absolute atomic E-state index is 4.86. The zero-order valence-corrected chi connectivity index (χ0v) is 13.3. The van der Waals surface area contributed by atoms with Crippen molar-refractivity contribution >= 4 is 11.3 Å². The largest absolute Gasteiger partial charge is 0.312 e. The summed E-state index contributed by atoms with van der Waals surface area (Å²) in [6, 6.07) is 10.5. The van der Waals surface area contributed by atoms with Crippen LogP contribution in [0.2, 0.25) is 0 Å². The van der Waals surface area contributed by atoms with E-state index in [-0.39, 0.29) is 0 Å². The summed E-state index contributed by atoms with van der Waals surface area (Å²) < 4.78 is 0. The van der Waals surface area contributed by atoms with Crippen LogP contribution in [0.25, 0.3) is 11.3 Å². The molecule has 108 valence electrons. The highest BCUT2D eigenvalue weighted by Gasteiger charge is 2.12. The molecule has 0 unspecified atom stereocenters. The lowest BCUT2D eigenvalue weighted by Crippen LogP contribution is -2.14. The Balaban J connectivity index is 2.23. The van der Waals surface area contributed by atoms with Gasteiger partial charge in [-0.25, -0.2) is 4.98 Å². The van der Waals surface area contributed by atoms with Crippen molar-refractivity contribution in [2.45, 2.75) is 19.9 Å². The number of nitrogens with zero attached hydrogens (tertiary/aromatic N) is 2. The van der Waals surface area contributed by atoms with Crippen molar-refractivity contribution in [1.29, 1.82) is 0 Å². The smallest absolute Gasteiger partial charge is 0.0948 e. The summed E-state index contributed by atoms with van der Waals surface area (Å²) in [4.78, 5) is 8.40. The minimum Gasteiger partial charge on any atom is -0.312 e. The minimum absolute atomic E-state index is 0.903. The summed E-state index contributed by atoms with van der Waals surface area (Å²) in [5, 5.41) is 4.64. The van der Waals surface area contributed by atoms with Crippen molar-refractivity contribution in [2.24, 2.45) is 0 Å². The molecule has 20 heavy (non-hydrogen) atoms. The molecule has 0 aliphatic heterocycles. The third kappa shape index (κ3) is 4.13. The molecule has 0 aliphatic carbocycles. The predicted molar refractivity (Wildman–Crippen MR) is 87.2 cm³/mol. The van der Waals surface area contributed by atoms with Crippen LogP contribution in [0.15, 0.2) is 30.3 Å². The topological polar surface area (TPSA) is 28.2 Å². The standard InChI is InChI=1S/C16H23N3S/c1-4-17-12-14-16(13-8-6-5-7-9-13)18-15(20-14)10-11-19(2)3/h5-9,17H,4,10-12H2,1-3H3. The number of benzene rings is 1.